The van der Waals surface area contributed by atoms with Gasteiger partial charge in [0, 0.05) is 7.11 Å². The number of methoxy groups -OCH3 is 1. The van der Waals surface area contributed by atoms with Crippen molar-refractivity contribution in [3.63, 3.8) is 0 Å². The third kappa shape index (κ3) is 5.75. The molecule has 214 valence electrons. The second-order valence-corrected chi connectivity index (χ2v) is 11.0. The van der Waals surface area contributed by atoms with E-state index in [2.05, 4.69) is 0 Å². The summed E-state index contributed by atoms with van der Waals surface area (Å²) < 4.78 is 25.3. The normalized spacial score (nSPS) is 24.6. The molecule has 2 saturated heterocycles. The number of rotatable bonds is 8. The van der Waals surface area contributed by atoms with Crippen LogP contribution in [0.25, 0.3) is 6.08 Å². The Labute approximate surface area is 238 Å². The van der Waals surface area contributed by atoms with Crippen molar-refractivity contribution < 1.29 is 43.5 Å². The number of hydrogen-bond acceptors (Lipinski definition) is 8. The average Bonchev–Trinajstić information content (AvgIpc) is 3.18. The number of fused-ring (bicyclic) bond motifs is 3. The molecule has 2 aromatic carbocycles. The minimum absolute atomic E-state index is 0.157. The first kappa shape index (κ1) is 29.2. The summed E-state index contributed by atoms with van der Waals surface area (Å²) in [5.74, 6) is -3.64. The fourth-order valence-corrected chi connectivity index (χ4v) is 6.48. The highest BCUT2D eigenvalue weighted by Crippen LogP contribution is 2.51. The van der Waals surface area contributed by atoms with Crippen LogP contribution in [-0.4, -0.2) is 66.1 Å². The molecule has 0 radical (unpaired) electrons. The molecule has 4 N–H and O–H groups in total. The number of aromatic hydroxyl groups is 1. The van der Waals surface area contributed by atoms with Crippen LogP contribution in [0.3, 0.4) is 0 Å². The zero-order chi connectivity index (χ0) is 29.4. The highest BCUT2D eigenvalue weighted by Gasteiger charge is 2.57. The number of carbonyl (C=O) groups is 2. The van der Waals surface area contributed by atoms with Crippen molar-refractivity contribution in [1.82, 2.24) is 0 Å². The van der Waals surface area contributed by atoms with Crippen LogP contribution in [0.15, 0.2) is 59.2 Å². The fraction of sp³-hybridized carbons (Fsp3) is 0.379. The minimum atomic E-state index is -1.75. The monoisotopic (exact) mass is 563 g/mol. The number of imide groups is 1. The molecule has 5 rings (SSSR count). The van der Waals surface area contributed by atoms with Crippen molar-refractivity contribution in [2.24, 2.45) is 17.8 Å². The molecule has 2 heterocycles. The Morgan fingerprint density at radius 2 is 1.98 bits per heavy atom. The quantitative estimate of drug-likeness (QED) is 0.218. The highest BCUT2D eigenvalue weighted by molar-refractivity contribution is 6.58. The van der Waals surface area contributed by atoms with Gasteiger partial charge in [0.1, 0.15) is 0 Å². The summed E-state index contributed by atoms with van der Waals surface area (Å²) in [6.07, 6.45) is 2.81. The van der Waals surface area contributed by atoms with E-state index in [-0.39, 0.29) is 35.9 Å². The molecule has 4 atom stereocenters. The van der Waals surface area contributed by atoms with E-state index in [1.165, 1.54) is 24.3 Å². The van der Waals surface area contributed by atoms with E-state index in [9.17, 15) is 34.2 Å². The van der Waals surface area contributed by atoms with Crippen LogP contribution < -0.4 is 10.4 Å². The lowest BCUT2D eigenvalue weighted by molar-refractivity contribution is -0.122. The van der Waals surface area contributed by atoms with E-state index in [0.717, 1.165) is 21.6 Å². The van der Waals surface area contributed by atoms with Gasteiger partial charge < -0.3 is 29.6 Å². The summed E-state index contributed by atoms with van der Waals surface area (Å²) in [6, 6.07) is 10.2. The predicted octanol–water partition coefficient (Wildman–Crippen LogP) is 2.04. The molecule has 9 nitrogen and oxygen atoms in total. The van der Waals surface area contributed by atoms with Gasteiger partial charge in [-0.1, -0.05) is 29.8 Å². The first-order valence-electron chi connectivity index (χ1n) is 13.6. The molecule has 2 aliphatic heterocycles. The maximum absolute atomic E-state index is 13.8. The Morgan fingerprint density at radius 3 is 2.68 bits per heavy atom. The van der Waals surface area contributed by atoms with Gasteiger partial charge in [0.15, 0.2) is 11.6 Å². The lowest BCUT2D eigenvalue weighted by Gasteiger charge is -2.43. The largest absolute Gasteiger partial charge is 0.505 e. The summed E-state index contributed by atoms with van der Waals surface area (Å²) in [6.45, 7) is 2.15. The van der Waals surface area contributed by atoms with Crippen molar-refractivity contribution in [1.29, 1.82) is 0 Å². The molecule has 3 aliphatic rings. The molecular weight excluding hydrogens is 531 g/mol. The van der Waals surface area contributed by atoms with Gasteiger partial charge in [-0.2, -0.15) is 0 Å². The molecule has 41 heavy (non-hydrogen) atoms. The van der Waals surface area contributed by atoms with Gasteiger partial charge >= 0.3 is 14.2 Å². The van der Waals surface area contributed by atoms with Crippen molar-refractivity contribution in [3.05, 3.63) is 70.6 Å². The first-order chi connectivity index (χ1) is 19.6. The summed E-state index contributed by atoms with van der Waals surface area (Å²) in [5, 5.41) is 39.4. The molecule has 1 aliphatic carbocycles. The number of phenols is 1. The number of anilines is 1. The van der Waals surface area contributed by atoms with E-state index in [4.69, 9.17) is 9.39 Å². The Bertz CT molecular complexity index is 1410. The average molecular weight is 563 g/mol. The Balaban J connectivity index is 1.42. The smallest absolute Gasteiger partial charge is 0.488 e. The van der Waals surface area contributed by atoms with Crippen LogP contribution in [0.4, 0.5) is 10.1 Å². The Kier molecular flexibility index (Phi) is 8.49. The number of amides is 2. The standard InChI is InChI=1S/C29H32B2FNO8/c1-16(10-17-7-8-24(34)23(32)11-17)6-9-25-26-18(15-40-2)12-21-27(22(26)14-30(37)41-25)29(36)33(28(21)35)20-5-3-4-19(13-20)31(38)39/h3-5,7-8,10-11,13,21-22,25,27,34,37-39H,6,9,12,14-15H2,1-2H3/b16-10+/t21-,22+,25-,27-/m1/s1. The molecule has 0 unspecified atom stereocenters. The van der Waals surface area contributed by atoms with Crippen molar-refractivity contribution >= 4 is 43.3 Å². The number of nitrogens with zero attached hydrogens (tertiary/aromatic N) is 1. The predicted molar refractivity (Wildman–Crippen MR) is 151 cm³/mol. The Hall–Kier alpha value is -3.28. The molecule has 2 fully saturated rings. The van der Waals surface area contributed by atoms with E-state index in [0.29, 0.717) is 24.8 Å². The van der Waals surface area contributed by atoms with Gasteiger partial charge in [-0.25, -0.2) is 4.39 Å². The van der Waals surface area contributed by atoms with Gasteiger partial charge in [-0.15, -0.1) is 0 Å². The maximum atomic E-state index is 13.8. The third-order valence-electron chi connectivity index (χ3n) is 8.24. The summed E-state index contributed by atoms with van der Waals surface area (Å²) >= 11 is 0. The van der Waals surface area contributed by atoms with Crippen LogP contribution in [0.2, 0.25) is 6.32 Å². The third-order valence-corrected chi connectivity index (χ3v) is 8.24. The van der Waals surface area contributed by atoms with Gasteiger partial charge in [-0.3, -0.25) is 14.5 Å². The molecule has 0 saturated carbocycles. The van der Waals surface area contributed by atoms with Crippen LogP contribution >= 0.6 is 0 Å². The van der Waals surface area contributed by atoms with E-state index in [1.54, 1.807) is 25.3 Å². The Morgan fingerprint density at radius 1 is 1.20 bits per heavy atom. The molecule has 2 aromatic rings. The van der Waals surface area contributed by atoms with Crippen LogP contribution in [-0.2, 0) is 19.0 Å². The zero-order valence-electron chi connectivity index (χ0n) is 22.9. The number of ether oxygens (including phenoxy) is 1. The van der Waals surface area contributed by atoms with E-state index in [1.807, 2.05) is 13.0 Å². The van der Waals surface area contributed by atoms with Crippen LogP contribution in [0, 0.1) is 23.6 Å². The summed E-state index contributed by atoms with van der Waals surface area (Å²) in [4.78, 5) is 28.6. The first-order valence-corrected chi connectivity index (χ1v) is 13.6. The van der Waals surface area contributed by atoms with Gasteiger partial charge in [0.2, 0.25) is 11.8 Å². The van der Waals surface area contributed by atoms with Gasteiger partial charge in [0.05, 0.1) is 30.2 Å². The number of phenolic OH excluding ortho intramolecular Hbond substituents is 1. The van der Waals surface area contributed by atoms with Crippen molar-refractivity contribution in [2.75, 3.05) is 18.6 Å². The lowest BCUT2D eigenvalue weighted by atomic mass is 9.58. The molecule has 0 bridgehead atoms. The lowest BCUT2D eigenvalue weighted by Crippen LogP contribution is -2.46. The highest BCUT2D eigenvalue weighted by atomic mass is 19.1. The topological polar surface area (TPSA) is 137 Å². The minimum Gasteiger partial charge on any atom is -0.505 e. The molecule has 2 amide bonds. The molecule has 0 aromatic heterocycles. The number of hydrogen-bond donors (Lipinski definition) is 4. The number of halogens is 1. The maximum Gasteiger partial charge on any atom is 0.488 e. The second kappa shape index (κ2) is 11.9. The van der Waals surface area contributed by atoms with Crippen molar-refractivity contribution in [2.45, 2.75) is 38.6 Å². The van der Waals surface area contributed by atoms with Crippen molar-refractivity contribution in [3.8, 4) is 5.75 Å². The fourth-order valence-electron chi connectivity index (χ4n) is 6.48. The van der Waals surface area contributed by atoms with Gasteiger partial charge in [0.25, 0.3) is 0 Å². The summed E-state index contributed by atoms with van der Waals surface area (Å²) in [7, 11) is -1.31. The van der Waals surface area contributed by atoms with Crippen LogP contribution in [0.1, 0.15) is 31.7 Å². The van der Waals surface area contributed by atoms with E-state index >= 15 is 0 Å². The zero-order valence-corrected chi connectivity index (χ0v) is 22.9. The van der Waals surface area contributed by atoms with Gasteiger partial charge in [-0.05, 0) is 84.9 Å². The SMILES string of the molecule is COCC1=C2[C@@H](CC/C(C)=C/c3ccc(O)c(F)c3)OB(O)C[C@@H]2[C@@H]2C(=O)N(c3cccc(B(O)O)c3)C(=O)[C@@H]2C1. The summed E-state index contributed by atoms with van der Waals surface area (Å²) in [5.41, 5.74) is 3.72. The number of carbonyl (C=O) groups excluding carboxylic acids is 2. The molecular formula is C29H32B2FNO8. The number of allylic oxidation sites excluding steroid dienone is 1. The van der Waals surface area contributed by atoms with Crippen LogP contribution in [0.5, 0.6) is 5.75 Å². The molecule has 0 spiro atoms. The molecule has 12 heteroatoms. The number of benzene rings is 2. The second-order valence-electron chi connectivity index (χ2n) is 11.0. The van der Waals surface area contributed by atoms with E-state index < -0.39 is 49.7 Å².